The molecule has 1 aliphatic heterocycles. The lowest BCUT2D eigenvalue weighted by Gasteiger charge is -2.07. The normalized spacial score (nSPS) is 17.3. The van der Waals surface area contributed by atoms with Crippen LogP contribution in [-0.4, -0.2) is 34.5 Å². The molecule has 7 nitrogen and oxygen atoms in total. The van der Waals surface area contributed by atoms with Crippen LogP contribution >= 0.6 is 11.3 Å². The Kier molecular flexibility index (Phi) is 4.73. The molecule has 3 heterocycles. The minimum Gasteiger partial charge on any atom is -0.378 e. The number of primary amides is 1. The number of amides is 2. The predicted octanol–water partition coefficient (Wildman–Crippen LogP) is 2.13. The van der Waals surface area contributed by atoms with E-state index in [1.54, 1.807) is 12.3 Å². The van der Waals surface area contributed by atoms with Crippen molar-refractivity contribution >= 4 is 28.3 Å². The van der Waals surface area contributed by atoms with Gasteiger partial charge in [0.2, 0.25) is 5.91 Å². The molecule has 122 valence electrons. The van der Waals surface area contributed by atoms with E-state index in [1.165, 1.54) is 11.3 Å². The number of aromatic nitrogens is 2. The number of thiazole rings is 1. The minimum atomic E-state index is -0.519. The number of H-pyrrole nitrogens is 1. The summed E-state index contributed by atoms with van der Waals surface area (Å²) >= 11 is 1.34. The summed E-state index contributed by atoms with van der Waals surface area (Å²) in [6.45, 7) is 0.798. The second kappa shape index (κ2) is 6.93. The van der Waals surface area contributed by atoms with Gasteiger partial charge in [-0.2, -0.15) is 0 Å². The van der Waals surface area contributed by atoms with Crippen LogP contribution in [0, 0.1) is 0 Å². The SMILES string of the molecule is NC(=O)c1cc(-c2csc(NC(=O)CCC3CCCO3)n2)c[nH]1. The number of carbonyl (C=O) groups is 2. The second-order valence-corrected chi connectivity index (χ2v) is 6.28. The molecule has 1 saturated heterocycles. The van der Waals surface area contributed by atoms with E-state index in [2.05, 4.69) is 15.3 Å². The summed E-state index contributed by atoms with van der Waals surface area (Å²) in [4.78, 5) is 30.2. The van der Waals surface area contributed by atoms with Crippen molar-refractivity contribution in [1.29, 1.82) is 0 Å². The highest BCUT2D eigenvalue weighted by molar-refractivity contribution is 7.14. The van der Waals surface area contributed by atoms with Crippen LogP contribution in [0.2, 0.25) is 0 Å². The number of hydrogen-bond donors (Lipinski definition) is 3. The molecule has 0 spiro atoms. The molecule has 0 aliphatic carbocycles. The van der Waals surface area contributed by atoms with E-state index < -0.39 is 5.91 Å². The molecule has 1 unspecified atom stereocenters. The summed E-state index contributed by atoms with van der Waals surface area (Å²) in [6.07, 6.45) is 5.15. The third-order valence-electron chi connectivity index (χ3n) is 3.71. The average molecular weight is 334 g/mol. The Labute approximate surface area is 137 Å². The molecule has 1 fully saturated rings. The molecule has 23 heavy (non-hydrogen) atoms. The maximum atomic E-state index is 11.9. The summed E-state index contributed by atoms with van der Waals surface area (Å²) in [6, 6.07) is 1.64. The van der Waals surface area contributed by atoms with Gasteiger partial charge in [0.1, 0.15) is 5.69 Å². The summed E-state index contributed by atoms with van der Waals surface area (Å²) in [5, 5.41) is 5.16. The molecule has 0 bridgehead atoms. The number of rotatable bonds is 6. The maximum Gasteiger partial charge on any atom is 0.265 e. The van der Waals surface area contributed by atoms with Gasteiger partial charge in [-0.25, -0.2) is 4.98 Å². The number of hydrogen-bond acceptors (Lipinski definition) is 5. The number of aromatic amines is 1. The highest BCUT2D eigenvalue weighted by Gasteiger charge is 2.17. The Morgan fingerprint density at radius 3 is 3.09 bits per heavy atom. The van der Waals surface area contributed by atoms with E-state index in [9.17, 15) is 9.59 Å². The van der Waals surface area contributed by atoms with Crippen molar-refractivity contribution in [3.05, 3.63) is 23.3 Å². The third kappa shape index (κ3) is 3.96. The fourth-order valence-electron chi connectivity index (χ4n) is 2.49. The van der Waals surface area contributed by atoms with Crippen LogP contribution in [0.3, 0.4) is 0 Å². The molecule has 0 radical (unpaired) electrons. The summed E-state index contributed by atoms with van der Waals surface area (Å²) in [5.74, 6) is -0.581. The Morgan fingerprint density at radius 1 is 1.52 bits per heavy atom. The number of anilines is 1. The van der Waals surface area contributed by atoms with Crippen molar-refractivity contribution in [2.45, 2.75) is 31.8 Å². The Balaban J connectivity index is 1.55. The lowest BCUT2D eigenvalue weighted by atomic mass is 10.1. The molecule has 0 saturated carbocycles. The first-order valence-corrected chi connectivity index (χ1v) is 8.35. The fourth-order valence-corrected chi connectivity index (χ4v) is 3.23. The average Bonchev–Trinajstić information content (AvgIpc) is 3.26. The van der Waals surface area contributed by atoms with Crippen LogP contribution < -0.4 is 11.1 Å². The zero-order valence-corrected chi connectivity index (χ0v) is 13.3. The molecule has 2 amide bonds. The van der Waals surface area contributed by atoms with Gasteiger partial charge < -0.3 is 20.8 Å². The van der Waals surface area contributed by atoms with Crippen molar-refractivity contribution in [2.24, 2.45) is 5.73 Å². The van der Waals surface area contributed by atoms with Gasteiger partial charge in [0.15, 0.2) is 5.13 Å². The van der Waals surface area contributed by atoms with Crippen molar-refractivity contribution in [1.82, 2.24) is 9.97 Å². The zero-order valence-electron chi connectivity index (χ0n) is 12.5. The van der Waals surface area contributed by atoms with Gasteiger partial charge in [-0.15, -0.1) is 11.3 Å². The van der Waals surface area contributed by atoms with Crippen LogP contribution in [0.5, 0.6) is 0 Å². The second-order valence-electron chi connectivity index (χ2n) is 5.43. The Bertz CT molecular complexity index is 703. The first-order valence-electron chi connectivity index (χ1n) is 7.47. The fraction of sp³-hybridized carbons (Fsp3) is 0.400. The standard InChI is InChI=1S/C15H18N4O3S/c16-14(21)11-6-9(7-17-11)12-8-23-15(18-12)19-13(20)4-3-10-2-1-5-22-10/h6-8,10,17H,1-5H2,(H2,16,21)(H,18,19,20). The number of nitrogens with two attached hydrogens (primary N) is 1. The first-order chi connectivity index (χ1) is 11.1. The van der Waals surface area contributed by atoms with E-state index in [4.69, 9.17) is 10.5 Å². The van der Waals surface area contributed by atoms with E-state index in [1.807, 2.05) is 5.38 Å². The van der Waals surface area contributed by atoms with Crippen LogP contribution in [-0.2, 0) is 9.53 Å². The van der Waals surface area contributed by atoms with Crippen molar-refractivity contribution < 1.29 is 14.3 Å². The van der Waals surface area contributed by atoms with Gasteiger partial charge >= 0.3 is 0 Å². The van der Waals surface area contributed by atoms with E-state index >= 15 is 0 Å². The van der Waals surface area contributed by atoms with Crippen LogP contribution in [0.25, 0.3) is 11.3 Å². The molecular weight excluding hydrogens is 316 g/mol. The topological polar surface area (TPSA) is 110 Å². The Morgan fingerprint density at radius 2 is 2.39 bits per heavy atom. The molecule has 2 aromatic rings. The van der Waals surface area contributed by atoms with Crippen LogP contribution in [0.4, 0.5) is 5.13 Å². The summed E-state index contributed by atoms with van der Waals surface area (Å²) in [7, 11) is 0. The molecule has 3 rings (SSSR count). The van der Waals surface area contributed by atoms with Crippen molar-refractivity contribution in [2.75, 3.05) is 11.9 Å². The minimum absolute atomic E-state index is 0.0618. The lowest BCUT2D eigenvalue weighted by Crippen LogP contribution is -2.15. The highest BCUT2D eigenvalue weighted by Crippen LogP contribution is 2.26. The van der Waals surface area contributed by atoms with Gasteiger partial charge in [0, 0.05) is 30.2 Å². The zero-order chi connectivity index (χ0) is 16.2. The molecule has 2 aromatic heterocycles. The van der Waals surface area contributed by atoms with Gasteiger partial charge in [-0.1, -0.05) is 0 Å². The number of ether oxygens (including phenoxy) is 1. The third-order valence-corrected chi connectivity index (χ3v) is 4.47. The molecule has 1 aliphatic rings. The molecule has 4 N–H and O–H groups in total. The lowest BCUT2D eigenvalue weighted by molar-refractivity contribution is -0.116. The quantitative estimate of drug-likeness (QED) is 0.751. The maximum absolute atomic E-state index is 11.9. The van der Waals surface area contributed by atoms with Gasteiger partial charge in [0.05, 0.1) is 11.8 Å². The predicted molar refractivity (Wildman–Crippen MR) is 87.3 cm³/mol. The summed E-state index contributed by atoms with van der Waals surface area (Å²) in [5.41, 5.74) is 6.98. The molecule has 0 aromatic carbocycles. The van der Waals surface area contributed by atoms with Crippen LogP contribution in [0.1, 0.15) is 36.2 Å². The molecule has 8 heteroatoms. The van der Waals surface area contributed by atoms with E-state index in [0.29, 0.717) is 22.9 Å². The van der Waals surface area contributed by atoms with Gasteiger partial charge in [-0.3, -0.25) is 9.59 Å². The van der Waals surface area contributed by atoms with Crippen molar-refractivity contribution in [3.8, 4) is 11.3 Å². The molecule has 1 atom stereocenters. The monoisotopic (exact) mass is 334 g/mol. The highest BCUT2D eigenvalue weighted by atomic mass is 32.1. The first kappa shape index (κ1) is 15.7. The number of nitrogens with zero attached hydrogens (tertiary/aromatic N) is 1. The largest absolute Gasteiger partial charge is 0.378 e. The Hall–Kier alpha value is -2.19. The number of nitrogens with one attached hydrogen (secondary N) is 2. The van der Waals surface area contributed by atoms with Crippen LogP contribution in [0.15, 0.2) is 17.6 Å². The van der Waals surface area contributed by atoms with Gasteiger partial charge in [0.25, 0.3) is 5.91 Å². The van der Waals surface area contributed by atoms with Crippen molar-refractivity contribution in [3.63, 3.8) is 0 Å². The smallest absolute Gasteiger partial charge is 0.265 e. The van der Waals surface area contributed by atoms with E-state index in [0.717, 1.165) is 31.4 Å². The number of carbonyl (C=O) groups excluding carboxylic acids is 2. The molecular formula is C15H18N4O3S. The van der Waals surface area contributed by atoms with Gasteiger partial charge in [-0.05, 0) is 25.3 Å². The van der Waals surface area contributed by atoms with E-state index in [-0.39, 0.29) is 12.0 Å². The summed E-state index contributed by atoms with van der Waals surface area (Å²) < 4.78 is 5.50.